The van der Waals surface area contributed by atoms with Gasteiger partial charge in [-0.2, -0.15) is 0 Å². The van der Waals surface area contributed by atoms with Crippen LogP contribution in [0.4, 0.5) is 0 Å². The van der Waals surface area contributed by atoms with E-state index in [0.29, 0.717) is 24.2 Å². The Balaban J connectivity index is 1.69. The predicted molar refractivity (Wildman–Crippen MR) is 87.2 cm³/mol. The third-order valence-corrected chi connectivity index (χ3v) is 5.93. The van der Waals surface area contributed by atoms with Crippen LogP contribution in [0.5, 0.6) is 5.75 Å². The minimum absolute atomic E-state index is 0.0139. The topological polar surface area (TPSA) is 84.5 Å². The van der Waals surface area contributed by atoms with E-state index in [0.717, 1.165) is 6.42 Å². The number of carbonyl (C=O) groups excluding carboxylic acids is 3. The number of amides is 2. The van der Waals surface area contributed by atoms with Crippen molar-refractivity contribution in [2.24, 2.45) is 16.7 Å². The summed E-state index contributed by atoms with van der Waals surface area (Å²) in [5, 5.41) is 0. The molecular formula is C18H22N2O4. The maximum atomic E-state index is 12.7. The number of nitrogens with one attached hydrogen (secondary N) is 2. The molecule has 24 heavy (non-hydrogen) atoms. The molecule has 2 fully saturated rings. The third-order valence-electron chi connectivity index (χ3n) is 5.93. The fourth-order valence-electron chi connectivity index (χ4n) is 4.24. The summed E-state index contributed by atoms with van der Waals surface area (Å²) in [6.07, 6.45) is 1.87. The largest absolute Gasteiger partial charge is 0.497 e. The van der Waals surface area contributed by atoms with E-state index in [2.05, 4.69) is 10.9 Å². The molecule has 0 saturated heterocycles. The van der Waals surface area contributed by atoms with E-state index in [-0.39, 0.29) is 17.1 Å². The molecule has 2 unspecified atom stereocenters. The SMILES string of the molecule is COc1ccc(C(=O)NNC(=O)C23CCC(CC2=O)C3(C)C)cc1. The standard InChI is InChI=1S/C18H22N2O4/c1-17(2)12-8-9-18(17,14(21)10-12)16(23)20-19-15(22)11-4-6-13(24-3)7-5-11/h4-7,12H,8-10H2,1-3H3,(H,19,22)(H,20,23). The number of hydrogen-bond acceptors (Lipinski definition) is 4. The molecule has 2 bridgehead atoms. The Labute approximate surface area is 140 Å². The molecule has 2 aliphatic rings. The number of benzene rings is 1. The lowest BCUT2D eigenvalue weighted by Gasteiger charge is -2.34. The van der Waals surface area contributed by atoms with Crippen molar-refractivity contribution in [2.45, 2.75) is 33.1 Å². The highest BCUT2D eigenvalue weighted by molar-refractivity contribution is 6.10. The van der Waals surface area contributed by atoms with Gasteiger partial charge in [0.2, 0.25) is 0 Å². The zero-order chi connectivity index (χ0) is 17.5. The summed E-state index contributed by atoms with van der Waals surface area (Å²) in [7, 11) is 1.55. The van der Waals surface area contributed by atoms with Gasteiger partial charge < -0.3 is 4.74 Å². The van der Waals surface area contributed by atoms with Gasteiger partial charge >= 0.3 is 0 Å². The van der Waals surface area contributed by atoms with Crippen molar-refractivity contribution in [3.8, 4) is 5.75 Å². The quantitative estimate of drug-likeness (QED) is 0.654. The molecule has 128 valence electrons. The Morgan fingerprint density at radius 3 is 2.33 bits per heavy atom. The van der Waals surface area contributed by atoms with Gasteiger partial charge in [0.25, 0.3) is 11.8 Å². The van der Waals surface area contributed by atoms with Crippen LogP contribution in [-0.4, -0.2) is 24.7 Å². The van der Waals surface area contributed by atoms with Crippen molar-refractivity contribution in [1.82, 2.24) is 10.9 Å². The molecule has 0 radical (unpaired) electrons. The molecule has 1 aromatic carbocycles. The second-order valence-corrected chi connectivity index (χ2v) is 7.13. The van der Waals surface area contributed by atoms with E-state index in [1.807, 2.05) is 13.8 Å². The number of carbonyl (C=O) groups is 3. The summed E-state index contributed by atoms with van der Waals surface area (Å²) in [5.41, 5.74) is 3.88. The minimum Gasteiger partial charge on any atom is -0.497 e. The van der Waals surface area contributed by atoms with Gasteiger partial charge in [-0.05, 0) is 48.4 Å². The smallest absolute Gasteiger partial charge is 0.269 e. The molecule has 2 aliphatic carbocycles. The van der Waals surface area contributed by atoms with Gasteiger partial charge in [-0.15, -0.1) is 0 Å². The Bertz CT molecular complexity index is 695. The number of ether oxygens (including phenoxy) is 1. The van der Waals surface area contributed by atoms with Crippen LogP contribution >= 0.6 is 0 Å². The highest BCUT2D eigenvalue weighted by Crippen LogP contribution is 2.63. The maximum absolute atomic E-state index is 12.7. The van der Waals surface area contributed by atoms with Gasteiger partial charge in [0.05, 0.1) is 7.11 Å². The molecular weight excluding hydrogens is 308 g/mol. The van der Waals surface area contributed by atoms with Crippen molar-refractivity contribution >= 4 is 17.6 Å². The normalized spacial score (nSPS) is 27.0. The predicted octanol–water partition coefficient (Wildman–Crippen LogP) is 1.85. The van der Waals surface area contributed by atoms with Crippen LogP contribution in [-0.2, 0) is 9.59 Å². The zero-order valence-corrected chi connectivity index (χ0v) is 14.1. The van der Waals surface area contributed by atoms with Crippen LogP contribution in [0.2, 0.25) is 0 Å². The first-order chi connectivity index (χ1) is 11.3. The van der Waals surface area contributed by atoms with Gasteiger partial charge in [0.15, 0.2) is 0 Å². The fourth-order valence-corrected chi connectivity index (χ4v) is 4.24. The van der Waals surface area contributed by atoms with Gasteiger partial charge in [0.1, 0.15) is 16.9 Å². The van der Waals surface area contributed by atoms with E-state index in [9.17, 15) is 14.4 Å². The second-order valence-electron chi connectivity index (χ2n) is 7.13. The number of hydrogen-bond donors (Lipinski definition) is 2. The second kappa shape index (κ2) is 5.61. The van der Waals surface area contributed by atoms with Crippen molar-refractivity contribution in [3.63, 3.8) is 0 Å². The summed E-state index contributed by atoms with van der Waals surface area (Å²) < 4.78 is 5.04. The van der Waals surface area contributed by atoms with E-state index in [4.69, 9.17) is 4.74 Å². The van der Waals surface area contributed by atoms with E-state index in [1.54, 1.807) is 31.4 Å². The highest BCUT2D eigenvalue weighted by atomic mass is 16.5. The zero-order valence-electron chi connectivity index (χ0n) is 14.1. The molecule has 2 saturated carbocycles. The van der Waals surface area contributed by atoms with Gasteiger partial charge in [0, 0.05) is 12.0 Å². The average molecular weight is 330 g/mol. The first kappa shape index (κ1) is 16.5. The van der Waals surface area contributed by atoms with E-state index in [1.165, 1.54) is 0 Å². The van der Waals surface area contributed by atoms with Crippen molar-refractivity contribution in [1.29, 1.82) is 0 Å². The molecule has 1 aromatic rings. The molecule has 0 heterocycles. The molecule has 6 heteroatoms. The lowest BCUT2D eigenvalue weighted by Crippen LogP contribution is -2.54. The van der Waals surface area contributed by atoms with Crippen LogP contribution in [0.15, 0.2) is 24.3 Å². The Morgan fingerprint density at radius 2 is 1.83 bits per heavy atom. The molecule has 2 atom stereocenters. The number of Topliss-reactive ketones (excluding diaryl/α,β-unsaturated/α-hetero) is 1. The van der Waals surface area contributed by atoms with Crippen LogP contribution in [0.1, 0.15) is 43.5 Å². The van der Waals surface area contributed by atoms with Crippen molar-refractivity contribution < 1.29 is 19.1 Å². The summed E-state index contributed by atoms with van der Waals surface area (Å²) in [6, 6.07) is 6.55. The monoisotopic (exact) mass is 330 g/mol. The van der Waals surface area contributed by atoms with Crippen LogP contribution < -0.4 is 15.6 Å². The lowest BCUT2D eigenvalue weighted by molar-refractivity contribution is -0.145. The molecule has 2 amide bonds. The number of rotatable bonds is 3. The molecule has 6 nitrogen and oxygen atoms in total. The molecule has 3 rings (SSSR count). The van der Waals surface area contributed by atoms with E-state index < -0.39 is 17.2 Å². The van der Waals surface area contributed by atoms with Crippen LogP contribution in [0.25, 0.3) is 0 Å². The Hall–Kier alpha value is -2.37. The Morgan fingerprint density at radius 1 is 1.17 bits per heavy atom. The summed E-state index contributed by atoms with van der Waals surface area (Å²) >= 11 is 0. The molecule has 0 spiro atoms. The molecule has 0 aromatic heterocycles. The average Bonchev–Trinajstić information content (AvgIpc) is 2.95. The van der Waals surface area contributed by atoms with Gasteiger partial charge in [-0.1, -0.05) is 13.8 Å². The lowest BCUT2D eigenvalue weighted by atomic mass is 9.68. The fraction of sp³-hybridized carbons (Fsp3) is 0.500. The highest BCUT2D eigenvalue weighted by Gasteiger charge is 2.68. The first-order valence-electron chi connectivity index (χ1n) is 8.11. The van der Waals surface area contributed by atoms with E-state index >= 15 is 0 Å². The Kier molecular flexibility index (Phi) is 3.86. The van der Waals surface area contributed by atoms with Gasteiger partial charge in [-0.3, -0.25) is 25.2 Å². The summed E-state index contributed by atoms with van der Waals surface area (Å²) in [5.74, 6) is 0.0392. The minimum atomic E-state index is -1.02. The van der Waals surface area contributed by atoms with Crippen LogP contribution in [0.3, 0.4) is 0 Å². The number of fused-ring (bicyclic) bond motifs is 2. The third kappa shape index (κ3) is 2.20. The first-order valence-corrected chi connectivity index (χ1v) is 8.11. The summed E-state index contributed by atoms with van der Waals surface area (Å²) in [4.78, 5) is 37.3. The number of ketones is 1. The number of methoxy groups -OCH3 is 1. The number of hydrazine groups is 1. The van der Waals surface area contributed by atoms with Crippen molar-refractivity contribution in [3.05, 3.63) is 29.8 Å². The van der Waals surface area contributed by atoms with Gasteiger partial charge in [-0.25, -0.2) is 0 Å². The molecule has 2 N–H and O–H groups in total. The van der Waals surface area contributed by atoms with Crippen molar-refractivity contribution in [2.75, 3.05) is 7.11 Å². The molecule has 0 aliphatic heterocycles. The maximum Gasteiger partial charge on any atom is 0.269 e. The summed E-state index contributed by atoms with van der Waals surface area (Å²) in [6.45, 7) is 3.95. The van der Waals surface area contributed by atoms with Crippen LogP contribution in [0, 0.1) is 16.7 Å².